The lowest BCUT2D eigenvalue weighted by Crippen LogP contribution is -2.26. The molecule has 5 rings (SSSR count). The monoisotopic (exact) mass is 455 g/mol. The van der Waals surface area contributed by atoms with Crippen molar-refractivity contribution >= 4 is 28.9 Å². The van der Waals surface area contributed by atoms with Crippen molar-refractivity contribution in [3.8, 4) is 11.8 Å². The number of amides is 1. The van der Waals surface area contributed by atoms with Gasteiger partial charge in [-0.15, -0.1) is 0 Å². The predicted octanol–water partition coefficient (Wildman–Crippen LogP) is 4.08. The highest BCUT2D eigenvalue weighted by Crippen LogP contribution is 2.29. The lowest BCUT2D eigenvalue weighted by Gasteiger charge is -2.26. The maximum Gasteiger partial charge on any atom is 0.328 e. The molecule has 34 heavy (non-hydrogen) atoms. The summed E-state index contributed by atoms with van der Waals surface area (Å²) >= 11 is 0. The number of anilines is 3. The number of hydrogen-bond acceptors (Lipinski definition) is 7. The number of carbonyl (C=O) groups is 1. The van der Waals surface area contributed by atoms with Crippen LogP contribution in [0.1, 0.15) is 16.7 Å². The molecule has 1 aliphatic rings. The smallest absolute Gasteiger partial charge is 0.328 e. The Morgan fingerprint density at radius 2 is 2.06 bits per heavy atom. The molecule has 2 N–H and O–H groups in total. The molecule has 0 aliphatic carbocycles. The van der Waals surface area contributed by atoms with Crippen LogP contribution in [0.4, 0.5) is 17.3 Å². The summed E-state index contributed by atoms with van der Waals surface area (Å²) in [7, 11) is 2.14. The van der Waals surface area contributed by atoms with Crippen LogP contribution in [-0.2, 0) is 17.8 Å². The molecule has 9 nitrogen and oxygen atoms in total. The molecule has 0 bridgehead atoms. The lowest BCUT2D eigenvalue weighted by atomic mass is 9.96. The van der Waals surface area contributed by atoms with Crippen LogP contribution in [-0.4, -0.2) is 44.0 Å². The van der Waals surface area contributed by atoms with Crippen LogP contribution >= 0.6 is 0 Å². The lowest BCUT2D eigenvalue weighted by molar-refractivity contribution is -0.111. The second-order valence-electron chi connectivity index (χ2n) is 8.30. The minimum absolute atomic E-state index is 0.252. The summed E-state index contributed by atoms with van der Waals surface area (Å²) in [5.74, 6) is 0.611. The van der Waals surface area contributed by atoms with E-state index >= 15 is 0 Å². The number of fused-ring (bicyclic) bond motifs is 2. The molecule has 0 saturated carbocycles. The van der Waals surface area contributed by atoms with Gasteiger partial charge in [0.25, 0.3) is 0 Å². The summed E-state index contributed by atoms with van der Waals surface area (Å²) in [4.78, 5) is 23.1. The minimum Gasteiger partial charge on any atom is -0.424 e. The van der Waals surface area contributed by atoms with Gasteiger partial charge in [0.05, 0.1) is 6.20 Å². The molecular weight excluding hydrogens is 430 g/mol. The third kappa shape index (κ3) is 4.46. The zero-order valence-electron chi connectivity index (χ0n) is 19.1. The van der Waals surface area contributed by atoms with Gasteiger partial charge in [0.15, 0.2) is 5.65 Å². The molecule has 2 aromatic heterocycles. The predicted molar refractivity (Wildman–Crippen MR) is 131 cm³/mol. The zero-order valence-corrected chi connectivity index (χ0v) is 19.1. The Morgan fingerprint density at radius 1 is 1.18 bits per heavy atom. The van der Waals surface area contributed by atoms with Gasteiger partial charge in [-0.05, 0) is 61.4 Å². The van der Waals surface area contributed by atoms with E-state index in [4.69, 9.17) is 4.74 Å². The van der Waals surface area contributed by atoms with Crippen molar-refractivity contribution in [2.75, 3.05) is 24.2 Å². The van der Waals surface area contributed by atoms with Gasteiger partial charge >= 0.3 is 6.01 Å². The minimum atomic E-state index is -0.299. The first-order valence-electron chi connectivity index (χ1n) is 11.0. The summed E-state index contributed by atoms with van der Waals surface area (Å²) in [6.45, 7) is 7.55. The summed E-state index contributed by atoms with van der Waals surface area (Å²) in [5, 5.41) is 10.4. The van der Waals surface area contributed by atoms with Gasteiger partial charge in [-0.2, -0.15) is 19.6 Å². The Balaban J connectivity index is 1.45. The number of hydrogen-bond donors (Lipinski definition) is 2. The number of nitrogens with zero attached hydrogens (tertiary/aromatic N) is 5. The molecule has 0 spiro atoms. The number of aromatic nitrogens is 4. The van der Waals surface area contributed by atoms with E-state index in [0.29, 0.717) is 23.0 Å². The zero-order chi connectivity index (χ0) is 23.7. The van der Waals surface area contributed by atoms with E-state index < -0.39 is 0 Å². The van der Waals surface area contributed by atoms with Gasteiger partial charge in [-0.1, -0.05) is 18.7 Å². The van der Waals surface area contributed by atoms with Crippen molar-refractivity contribution in [3.63, 3.8) is 0 Å². The highest BCUT2D eigenvalue weighted by atomic mass is 16.5. The Morgan fingerprint density at radius 3 is 2.91 bits per heavy atom. The van der Waals surface area contributed by atoms with Crippen LogP contribution in [0.25, 0.3) is 5.65 Å². The number of nitrogens with one attached hydrogen (secondary N) is 2. The van der Waals surface area contributed by atoms with Crippen LogP contribution in [0.3, 0.4) is 0 Å². The van der Waals surface area contributed by atoms with E-state index in [2.05, 4.69) is 63.3 Å². The molecule has 172 valence electrons. The van der Waals surface area contributed by atoms with E-state index in [0.717, 1.165) is 30.8 Å². The van der Waals surface area contributed by atoms with Crippen LogP contribution in [0.5, 0.6) is 11.8 Å². The molecule has 9 heteroatoms. The van der Waals surface area contributed by atoms with Crippen molar-refractivity contribution < 1.29 is 9.53 Å². The molecule has 3 heterocycles. The second-order valence-corrected chi connectivity index (χ2v) is 8.30. The standard InChI is InChI=1S/C25H25N7O2/c1-4-23(33)27-19-6-5-7-20(14-19)34-25-30-24(29-22-8-10-26-32(22)25)28-21-13-17-9-11-31(3)15-18(17)12-16(21)2/h4-8,10,12-14H,1,9,11,15H2,2-3H3,(H,27,33)(H,28,29). The van der Waals surface area contributed by atoms with Crippen molar-refractivity contribution in [1.29, 1.82) is 0 Å². The molecule has 0 unspecified atom stereocenters. The van der Waals surface area contributed by atoms with Gasteiger partial charge < -0.3 is 20.3 Å². The fourth-order valence-electron chi connectivity index (χ4n) is 3.99. The SMILES string of the molecule is C=CC(=O)Nc1cccc(Oc2nc(Nc3cc4c(cc3C)CN(C)CC4)nc3ccnn23)c1. The maximum atomic E-state index is 11.6. The Hall–Kier alpha value is -4.24. The highest BCUT2D eigenvalue weighted by Gasteiger charge is 2.17. The van der Waals surface area contributed by atoms with E-state index in [1.807, 2.05) is 0 Å². The Bertz CT molecular complexity index is 1400. The quantitative estimate of drug-likeness (QED) is 0.423. The summed E-state index contributed by atoms with van der Waals surface area (Å²) < 4.78 is 7.57. The molecule has 0 atom stereocenters. The third-order valence-corrected chi connectivity index (χ3v) is 5.72. The molecule has 1 amide bonds. The van der Waals surface area contributed by atoms with Gasteiger partial charge in [0.2, 0.25) is 11.9 Å². The number of benzene rings is 2. The fourth-order valence-corrected chi connectivity index (χ4v) is 3.99. The van der Waals surface area contributed by atoms with E-state index in [1.54, 1.807) is 36.5 Å². The van der Waals surface area contributed by atoms with Crippen LogP contribution in [0.2, 0.25) is 0 Å². The highest BCUT2D eigenvalue weighted by molar-refractivity contribution is 5.98. The first kappa shape index (κ1) is 21.6. The van der Waals surface area contributed by atoms with Crippen LogP contribution < -0.4 is 15.4 Å². The van der Waals surface area contributed by atoms with Gasteiger partial charge in [0, 0.05) is 36.6 Å². The summed E-state index contributed by atoms with van der Waals surface area (Å²) in [6.07, 6.45) is 3.86. The molecule has 0 radical (unpaired) electrons. The van der Waals surface area contributed by atoms with Crippen molar-refractivity contribution in [2.45, 2.75) is 19.9 Å². The molecule has 1 aliphatic heterocycles. The van der Waals surface area contributed by atoms with E-state index in [-0.39, 0.29) is 11.9 Å². The Kier molecular flexibility index (Phi) is 5.69. The van der Waals surface area contributed by atoms with Gasteiger partial charge in [-0.3, -0.25) is 4.79 Å². The first-order valence-corrected chi connectivity index (χ1v) is 11.0. The summed E-state index contributed by atoms with van der Waals surface area (Å²) in [6, 6.07) is 13.5. The van der Waals surface area contributed by atoms with Gasteiger partial charge in [0.1, 0.15) is 5.75 Å². The first-order chi connectivity index (χ1) is 16.5. The maximum absolute atomic E-state index is 11.6. The molecule has 4 aromatic rings. The molecular formula is C25H25N7O2. The Labute approximate surface area is 197 Å². The number of carbonyl (C=O) groups excluding carboxylic acids is 1. The number of ether oxygens (including phenoxy) is 1. The van der Waals surface area contributed by atoms with E-state index in [9.17, 15) is 4.79 Å². The average Bonchev–Trinajstić information content (AvgIpc) is 3.29. The van der Waals surface area contributed by atoms with Gasteiger partial charge in [-0.25, -0.2) is 0 Å². The topological polar surface area (TPSA) is 96.7 Å². The van der Waals surface area contributed by atoms with Crippen molar-refractivity contribution in [3.05, 3.63) is 78.0 Å². The van der Waals surface area contributed by atoms with Crippen molar-refractivity contribution in [1.82, 2.24) is 24.5 Å². The van der Waals surface area contributed by atoms with Crippen LogP contribution in [0, 0.1) is 6.92 Å². The molecule has 0 fully saturated rings. The van der Waals surface area contributed by atoms with E-state index in [1.165, 1.54) is 21.7 Å². The summed E-state index contributed by atoms with van der Waals surface area (Å²) in [5.41, 5.74) is 5.97. The normalized spacial score (nSPS) is 13.4. The largest absolute Gasteiger partial charge is 0.424 e. The van der Waals surface area contributed by atoms with Crippen molar-refractivity contribution in [2.24, 2.45) is 0 Å². The number of rotatable bonds is 6. The average molecular weight is 456 g/mol. The molecule has 2 aromatic carbocycles. The molecule has 0 saturated heterocycles. The second kappa shape index (κ2) is 8.95. The fraction of sp³-hybridized carbons (Fsp3) is 0.200. The van der Waals surface area contributed by atoms with Crippen LogP contribution in [0.15, 0.2) is 61.3 Å². The number of likely N-dealkylation sites (N-methyl/N-ethyl adjacent to an activating group) is 1. The third-order valence-electron chi connectivity index (χ3n) is 5.72. The number of aryl methyl sites for hydroxylation is 1.